The number of hydrogen-bond acceptors (Lipinski definition) is 4. The van der Waals surface area contributed by atoms with Crippen molar-refractivity contribution >= 4 is 12.1 Å². The Morgan fingerprint density at radius 3 is 2.48 bits per heavy atom. The van der Waals surface area contributed by atoms with Crippen LogP contribution >= 0.6 is 0 Å². The molecule has 2 aromatic carbocycles. The molecule has 5 nitrogen and oxygen atoms in total. The van der Waals surface area contributed by atoms with E-state index in [2.05, 4.69) is 15.5 Å². The van der Waals surface area contributed by atoms with Crippen LogP contribution in [0.1, 0.15) is 5.56 Å². The van der Waals surface area contributed by atoms with E-state index < -0.39 is 0 Å². The van der Waals surface area contributed by atoms with Gasteiger partial charge in [-0.3, -0.25) is 9.78 Å². The summed E-state index contributed by atoms with van der Waals surface area (Å²) in [4.78, 5) is 15.7. The zero-order chi connectivity index (χ0) is 17.3. The number of hydrogen-bond donors (Lipinski definition) is 1. The van der Waals surface area contributed by atoms with E-state index in [1.807, 2.05) is 60.7 Å². The Morgan fingerprint density at radius 1 is 1.00 bits per heavy atom. The zero-order valence-electron chi connectivity index (χ0n) is 13.5. The lowest BCUT2D eigenvalue weighted by Crippen LogP contribution is -2.24. The molecule has 3 rings (SSSR count). The van der Waals surface area contributed by atoms with E-state index in [0.29, 0.717) is 5.75 Å². The fraction of sp³-hybridized carbons (Fsp3) is 0.0500. The maximum atomic E-state index is 11.7. The lowest BCUT2D eigenvalue weighted by molar-refractivity contribution is -0.123. The minimum Gasteiger partial charge on any atom is -0.484 e. The summed E-state index contributed by atoms with van der Waals surface area (Å²) < 4.78 is 5.46. The second-order valence-electron chi connectivity index (χ2n) is 5.26. The van der Waals surface area contributed by atoms with Crippen molar-refractivity contribution in [3.8, 4) is 16.9 Å². The number of benzene rings is 2. The summed E-state index contributed by atoms with van der Waals surface area (Å²) in [5, 5.41) is 3.86. The number of hydrazone groups is 1. The Hall–Kier alpha value is -3.47. The molecule has 25 heavy (non-hydrogen) atoms. The van der Waals surface area contributed by atoms with Gasteiger partial charge in [0.15, 0.2) is 6.61 Å². The number of carbonyl (C=O) groups excluding carboxylic acids is 1. The molecule has 0 saturated carbocycles. The number of rotatable bonds is 6. The van der Waals surface area contributed by atoms with Crippen molar-refractivity contribution in [3.05, 3.63) is 84.7 Å². The van der Waals surface area contributed by atoms with Crippen LogP contribution in [0.4, 0.5) is 0 Å². The number of pyridine rings is 1. The molecule has 124 valence electrons. The maximum absolute atomic E-state index is 11.7. The van der Waals surface area contributed by atoms with Crippen molar-refractivity contribution in [1.29, 1.82) is 0 Å². The molecule has 0 spiro atoms. The van der Waals surface area contributed by atoms with Crippen molar-refractivity contribution in [2.45, 2.75) is 0 Å². The maximum Gasteiger partial charge on any atom is 0.277 e. The van der Waals surface area contributed by atoms with Crippen molar-refractivity contribution < 1.29 is 9.53 Å². The first kappa shape index (κ1) is 16.4. The SMILES string of the molecule is O=C(COc1ccc(-c2ccccc2)cc1)N/N=C/c1cccnc1. The molecule has 0 radical (unpaired) electrons. The highest BCUT2D eigenvalue weighted by atomic mass is 16.5. The van der Waals surface area contributed by atoms with Crippen molar-refractivity contribution in [3.63, 3.8) is 0 Å². The van der Waals surface area contributed by atoms with Crippen molar-refractivity contribution in [1.82, 2.24) is 10.4 Å². The highest BCUT2D eigenvalue weighted by Crippen LogP contribution is 2.21. The third kappa shape index (κ3) is 5.00. The fourth-order valence-corrected chi connectivity index (χ4v) is 2.19. The van der Waals surface area contributed by atoms with E-state index >= 15 is 0 Å². The van der Waals surface area contributed by atoms with Gasteiger partial charge in [0.2, 0.25) is 0 Å². The van der Waals surface area contributed by atoms with E-state index in [0.717, 1.165) is 16.7 Å². The molecule has 0 bridgehead atoms. The lowest BCUT2D eigenvalue weighted by Gasteiger charge is -2.06. The quantitative estimate of drug-likeness (QED) is 0.557. The van der Waals surface area contributed by atoms with Gasteiger partial charge in [0.05, 0.1) is 6.21 Å². The van der Waals surface area contributed by atoms with Crippen LogP contribution in [0, 0.1) is 0 Å². The fourth-order valence-electron chi connectivity index (χ4n) is 2.19. The van der Waals surface area contributed by atoms with Gasteiger partial charge in [-0.15, -0.1) is 0 Å². The first-order valence-corrected chi connectivity index (χ1v) is 7.81. The second-order valence-corrected chi connectivity index (χ2v) is 5.26. The molecule has 1 amide bonds. The molecule has 5 heteroatoms. The standard InChI is InChI=1S/C20H17N3O2/c24-20(23-22-14-16-5-4-12-21-13-16)15-25-19-10-8-18(9-11-19)17-6-2-1-3-7-17/h1-14H,15H2,(H,23,24)/b22-14+. The van der Waals surface area contributed by atoms with Gasteiger partial charge in [-0.05, 0) is 29.3 Å². The molecule has 0 aliphatic heterocycles. The van der Waals surface area contributed by atoms with E-state index in [4.69, 9.17) is 4.74 Å². The third-order valence-electron chi connectivity index (χ3n) is 3.42. The molecule has 1 N–H and O–H groups in total. The molecular formula is C20H17N3O2. The predicted octanol–water partition coefficient (Wildman–Crippen LogP) is 3.28. The third-order valence-corrected chi connectivity index (χ3v) is 3.42. The van der Waals surface area contributed by atoms with Crippen LogP contribution in [-0.2, 0) is 4.79 Å². The highest BCUT2D eigenvalue weighted by Gasteiger charge is 2.02. The van der Waals surface area contributed by atoms with Gasteiger partial charge in [0.1, 0.15) is 5.75 Å². The average Bonchev–Trinajstić information content (AvgIpc) is 2.68. The van der Waals surface area contributed by atoms with Gasteiger partial charge in [-0.2, -0.15) is 5.10 Å². The van der Waals surface area contributed by atoms with E-state index in [-0.39, 0.29) is 12.5 Å². The molecular weight excluding hydrogens is 314 g/mol. The average molecular weight is 331 g/mol. The summed E-state index contributed by atoms with van der Waals surface area (Å²) in [6.07, 6.45) is 4.85. The van der Waals surface area contributed by atoms with Crippen LogP contribution in [0.15, 0.2) is 84.2 Å². The number of nitrogens with zero attached hydrogens (tertiary/aromatic N) is 2. The number of amides is 1. The molecule has 0 saturated heterocycles. The highest BCUT2D eigenvalue weighted by molar-refractivity contribution is 5.82. The monoisotopic (exact) mass is 331 g/mol. The minimum absolute atomic E-state index is 0.102. The molecule has 1 heterocycles. The van der Waals surface area contributed by atoms with Gasteiger partial charge >= 0.3 is 0 Å². The molecule has 3 aromatic rings. The number of ether oxygens (including phenoxy) is 1. The largest absolute Gasteiger partial charge is 0.484 e. The van der Waals surface area contributed by atoms with Gasteiger partial charge in [0, 0.05) is 18.0 Å². The van der Waals surface area contributed by atoms with E-state index in [1.54, 1.807) is 18.5 Å². The van der Waals surface area contributed by atoms with Gasteiger partial charge in [0.25, 0.3) is 5.91 Å². The summed E-state index contributed by atoms with van der Waals surface area (Å²) in [6, 6.07) is 21.3. The first-order valence-electron chi connectivity index (χ1n) is 7.81. The Kier molecular flexibility index (Phi) is 5.51. The Balaban J connectivity index is 1.48. The van der Waals surface area contributed by atoms with E-state index in [9.17, 15) is 4.79 Å². The molecule has 1 aromatic heterocycles. The molecule has 0 aliphatic rings. The summed E-state index contributed by atoms with van der Waals surface area (Å²) in [5.41, 5.74) is 5.45. The second kappa shape index (κ2) is 8.40. The van der Waals surface area contributed by atoms with Crippen molar-refractivity contribution in [2.75, 3.05) is 6.61 Å². The minimum atomic E-state index is -0.327. The van der Waals surface area contributed by atoms with Crippen LogP contribution in [-0.4, -0.2) is 23.7 Å². The number of aromatic nitrogens is 1. The number of nitrogens with one attached hydrogen (secondary N) is 1. The molecule has 0 aliphatic carbocycles. The molecule has 0 atom stereocenters. The normalized spacial score (nSPS) is 10.6. The Morgan fingerprint density at radius 2 is 1.76 bits per heavy atom. The van der Waals surface area contributed by atoms with Gasteiger partial charge in [-0.25, -0.2) is 5.43 Å². The topological polar surface area (TPSA) is 63.6 Å². The van der Waals surface area contributed by atoms with Gasteiger partial charge < -0.3 is 4.74 Å². The first-order chi connectivity index (χ1) is 12.3. The predicted molar refractivity (Wildman–Crippen MR) is 97.3 cm³/mol. The summed E-state index contributed by atoms with van der Waals surface area (Å²) in [6.45, 7) is -0.102. The molecule has 0 fully saturated rings. The number of carbonyl (C=O) groups is 1. The summed E-state index contributed by atoms with van der Waals surface area (Å²) in [7, 11) is 0. The van der Waals surface area contributed by atoms with Gasteiger partial charge in [-0.1, -0.05) is 48.5 Å². The summed E-state index contributed by atoms with van der Waals surface area (Å²) in [5.74, 6) is 0.304. The Bertz CT molecular complexity index is 832. The molecule has 0 unspecified atom stereocenters. The summed E-state index contributed by atoms with van der Waals surface area (Å²) >= 11 is 0. The zero-order valence-corrected chi connectivity index (χ0v) is 13.5. The van der Waals surface area contributed by atoms with Crippen LogP contribution in [0.5, 0.6) is 5.75 Å². The van der Waals surface area contributed by atoms with Crippen LogP contribution in [0.25, 0.3) is 11.1 Å². The Labute approximate surface area is 146 Å². The van der Waals surface area contributed by atoms with Crippen molar-refractivity contribution in [2.24, 2.45) is 5.10 Å². The van der Waals surface area contributed by atoms with Crippen LogP contribution < -0.4 is 10.2 Å². The van der Waals surface area contributed by atoms with Crippen LogP contribution in [0.2, 0.25) is 0 Å². The lowest BCUT2D eigenvalue weighted by atomic mass is 10.1. The van der Waals surface area contributed by atoms with Crippen LogP contribution in [0.3, 0.4) is 0 Å². The smallest absolute Gasteiger partial charge is 0.277 e. The van der Waals surface area contributed by atoms with E-state index in [1.165, 1.54) is 6.21 Å².